The summed E-state index contributed by atoms with van der Waals surface area (Å²) >= 11 is 0. The smallest absolute Gasteiger partial charge is 0.163 e. The van der Waals surface area contributed by atoms with Gasteiger partial charge in [0, 0.05) is 38.3 Å². The average Bonchev–Trinajstić information content (AvgIpc) is 2.96. The molecular weight excluding hydrogens is 296 g/mol. The molecule has 1 aromatic heterocycles. The first-order valence-corrected chi connectivity index (χ1v) is 7.88. The molecule has 126 valence electrons. The Bertz CT molecular complexity index is 665. The largest absolute Gasteiger partial charge is 0.493 e. The van der Waals surface area contributed by atoms with Crippen LogP contribution in [0.25, 0.3) is 11.0 Å². The third-order valence-electron chi connectivity index (χ3n) is 4.26. The van der Waals surface area contributed by atoms with Crippen LogP contribution >= 0.6 is 0 Å². The number of morpholine rings is 1. The fourth-order valence-corrected chi connectivity index (χ4v) is 2.97. The number of ether oxygens (including phenoxy) is 3. The van der Waals surface area contributed by atoms with E-state index in [0.717, 1.165) is 56.3 Å². The van der Waals surface area contributed by atoms with Gasteiger partial charge in [-0.2, -0.15) is 0 Å². The molecule has 0 amide bonds. The molecule has 1 aromatic carbocycles. The van der Waals surface area contributed by atoms with Gasteiger partial charge >= 0.3 is 0 Å². The number of nitrogens with two attached hydrogens (primary N) is 1. The van der Waals surface area contributed by atoms with E-state index >= 15 is 0 Å². The third kappa shape index (κ3) is 3.26. The molecule has 0 radical (unpaired) electrons. The van der Waals surface area contributed by atoms with E-state index in [1.807, 2.05) is 12.1 Å². The summed E-state index contributed by atoms with van der Waals surface area (Å²) < 4.78 is 18.3. The zero-order valence-electron chi connectivity index (χ0n) is 13.7. The molecule has 0 atom stereocenters. The van der Waals surface area contributed by atoms with Crippen LogP contribution in [0.3, 0.4) is 0 Å². The van der Waals surface area contributed by atoms with Crippen molar-refractivity contribution in [2.24, 2.45) is 5.73 Å². The fraction of sp³-hybridized carbons (Fsp3) is 0.562. The molecule has 1 saturated heterocycles. The lowest BCUT2D eigenvalue weighted by Crippen LogP contribution is -2.38. The van der Waals surface area contributed by atoms with Crippen LogP contribution in [0.4, 0.5) is 0 Å². The molecule has 2 heterocycles. The quantitative estimate of drug-likeness (QED) is 0.850. The Morgan fingerprint density at radius 2 is 1.83 bits per heavy atom. The molecule has 0 spiro atoms. The van der Waals surface area contributed by atoms with Crippen molar-refractivity contribution in [3.8, 4) is 11.5 Å². The van der Waals surface area contributed by atoms with Crippen molar-refractivity contribution in [3.05, 3.63) is 18.0 Å². The predicted molar refractivity (Wildman–Crippen MR) is 88.0 cm³/mol. The Labute approximate surface area is 135 Å². The van der Waals surface area contributed by atoms with E-state index in [1.54, 1.807) is 14.2 Å². The highest BCUT2D eigenvalue weighted by molar-refractivity contribution is 5.80. The number of aromatic nitrogens is 2. The number of hydrogen-bond donors (Lipinski definition) is 1. The Balaban J connectivity index is 1.90. The number of rotatable bonds is 6. The van der Waals surface area contributed by atoms with Gasteiger partial charge in [-0.05, 0) is 0 Å². The van der Waals surface area contributed by atoms with Gasteiger partial charge in [0.05, 0.1) is 45.0 Å². The first-order chi connectivity index (χ1) is 11.3. The van der Waals surface area contributed by atoms with Crippen molar-refractivity contribution in [3.63, 3.8) is 0 Å². The summed E-state index contributed by atoms with van der Waals surface area (Å²) in [4.78, 5) is 7.04. The normalized spacial score (nSPS) is 16.0. The van der Waals surface area contributed by atoms with Gasteiger partial charge in [-0.3, -0.25) is 4.90 Å². The fourth-order valence-electron chi connectivity index (χ4n) is 2.97. The van der Waals surface area contributed by atoms with Crippen molar-refractivity contribution >= 4 is 11.0 Å². The molecule has 3 rings (SSSR count). The summed E-state index contributed by atoms with van der Waals surface area (Å²) in [6, 6.07) is 3.87. The van der Waals surface area contributed by atoms with E-state index in [2.05, 4.69) is 14.5 Å². The molecule has 2 aromatic rings. The third-order valence-corrected chi connectivity index (χ3v) is 4.26. The average molecular weight is 320 g/mol. The van der Waals surface area contributed by atoms with E-state index in [9.17, 15) is 0 Å². The molecule has 0 unspecified atom stereocenters. The van der Waals surface area contributed by atoms with Crippen LogP contribution in [0.15, 0.2) is 12.1 Å². The minimum Gasteiger partial charge on any atom is -0.493 e. The van der Waals surface area contributed by atoms with Crippen LogP contribution in [-0.4, -0.2) is 61.5 Å². The van der Waals surface area contributed by atoms with Crippen molar-refractivity contribution in [2.75, 3.05) is 47.1 Å². The summed E-state index contributed by atoms with van der Waals surface area (Å²) in [5, 5.41) is 0. The van der Waals surface area contributed by atoms with Crippen LogP contribution in [0.5, 0.6) is 11.5 Å². The van der Waals surface area contributed by atoms with Gasteiger partial charge in [0.2, 0.25) is 0 Å². The second-order valence-electron chi connectivity index (χ2n) is 5.53. The monoisotopic (exact) mass is 320 g/mol. The summed E-state index contributed by atoms with van der Waals surface area (Å²) in [7, 11) is 3.27. The molecule has 0 aliphatic carbocycles. The van der Waals surface area contributed by atoms with Gasteiger partial charge in [-0.1, -0.05) is 0 Å². The Kier molecular flexibility index (Phi) is 5.00. The highest BCUT2D eigenvalue weighted by Gasteiger charge is 2.16. The highest BCUT2D eigenvalue weighted by Crippen LogP contribution is 2.32. The van der Waals surface area contributed by atoms with Crippen molar-refractivity contribution in [2.45, 2.75) is 13.1 Å². The molecule has 23 heavy (non-hydrogen) atoms. The van der Waals surface area contributed by atoms with Crippen LogP contribution in [0, 0.1) is 0 Å². The summed E-state index contributed by atoms with van der Waals surface area (Å²) in [5.41, 5.74) is 7.79. The van der Waals surface area contributed by atoms with E-state index < -0.39 is 0 Å². The Morgan fingerprint density at radius 1 is 1.13 bits per heavy atom. The summed E-state index contributed by atoms with van der Waals surface area (Å²) in [6.07, 6.45) is 0. The maximum atomic E-state index is 5.88. The topological polar surface area (TPSA) is 74.8 Å². The molecule has 2 N–H and O–H groups in total. The van der Waals surface area contributed by atoms with Crippen LogP contribution in [0.1, 0.15) is 5.82 Å². The van der Waals surface area contributed by atoms with Crippen molar-refractivity contribution in [1.82, 2.24) is 14.5 Å². The zero-order valence-corrected chi connectivity index (χ0v) is 13.7. The van der Waals surface area contributed by atoms with Gasteiger partial charge in [0.15, 0.2) is 11.5 Å². The lowest BCUT2D eigenvalue weighted by atomic mass is 10.2. The number of nitrogens with zero attached hydrogens (tertiary/aromatic N) is 3. The first-order valence-electron chi connectivity index (χ1n) is 7.88. The second kappa shape index (κ2) is 7.16. The molecule has 7 nitrogen and oxygen atoms in total. The number of methoxy groups -OCH3 is 2. The lowest BCUT2D eigenvalue weighted by molar-refractivity contribution is 0.0364. The Hall–Kier alpha value is -1.83. The van der Waals surface area contributed by atoms with Crippen molar-refractivity contribution in [1.29, 1.82) is 0 Å². The standard InChI is InChI=1S/C16H24N4O3/c1-21-14-9-12-13(10-15(14)22-2)20(16(11-17)18-12)4-3-19-5-7-23-8-6-19/h9-10H,3-8,11,17H2,1-2H3. The highest BCUT2D eigenvalue weighted by atomic mass is 16.5. The summed E-state index contributed by atoms with van der Waals surface area (Å²) in [6.45, 7) is 5.76. The predicted octanol–water partition coefficient (Wildman–Crippen LogP) is 0.844. The molecule has 0 bridgehead atoms. The minimum absolute atomic E-state index is 0.405. The van der Waals surface area contributed by atoms with Gasteiger partial charge < -0.3 is 24.5 Å². The molecule has 1 fully saturated rings. The van der Waals surface area contributed by atoms with Crippen molar-refractivity contribution < 1.29 is 14.2 Å². The van der Waals surface area contributed by atoms with Crippen LogP contribution in [-0.2, 0) is 17.8 Å². The number of imidazole rings is 1. The summed E-state index contributed by atoms with van der Waals surface area (Å²) in [5.74, 6) is 2.26. The Morgan fingerprint density at radius 3 is 2.48 bits per heavy atom. The minimum atomic E-state index is 0.405. The molecule has 7 heteroatoms. The van der Waals surface area contributed by atoms with Crippen LogP contribution < -0.4 is 15.2 Å². The van der Waals surface area contributed by atoms with E-state index in [-0.39, 0.29) is 0 Å². The van der Waals surface area contributed by atoms with E-state index in [0.29, 0.717) is 18.0 Å². The maximum Gasteiger partial charge on any atom is 0.163 e. The van der Waals surface area contributed by atoms with Gasteiger partial charge in [0.1, 0.15) is 5.82 Å². The molecule has 0 saturated carbocycles. The number of benzene rings is 1. The van der Waals surface area contributed by atoms with Gasteiger partial charge in [-0.15, -0.1) is 0 Å². The second-order valence-corrected chi connectivity index (χ2v) is 5.53. The van der Waals surface area contributed by atoms with Gasteiger partial charge in [0.25, 0.3) is 0 Å². The SMILES string of the molecule is COc1cc2nc(CN)n(CCN3CCOCC3)c2cc1OC. The lowest BCUT2D eigenvalue weighted by Gasteiger charge is -2.27. The molecule has 1 aliphatic rings. The maximum absolute atomic E-state index is 5.88. The number of hydrogen-bond acceptors (Lipinski definition) is 6. The zero-order chi connectivity index (χ0) is 16.2. The first kappa shape index (κ1) is 16.0. The molecule has 1 aliphatic heterocycles. The van der Waals surface area contributed by atoms with E-state index in [4.69, 9.17) is 19.9 Å². The molecular formula is C16H24N4O3. The van der Waals surface area contributed by atoms with Crippen LogP contribution in [0.2, 0.25) is 0 Å². The van der Waals surface area contributed by atoms with Gasteiger partial charge in [-0.25, -0.2) is 4.98 Å². The van der Waals surface area contributed by atoms with E-state index in [1.165, 1.54) is 0 Å². The number of fused-ring (bicyclic) bond motifs is 1.